The van der Waals surface area contributed by atoms with Crippen LogP contribution in [0.4, 0.5) is 0 Å². The summed E-state index contributed by atoms with van der Waals surface area (Å²) < 4.78 is 32.7. The molecule has 0 aromatic heterocycles. The maximum Gasteiger partial charge on any atom is 0.266 e. The Morgan fingerprint density at radius 3 is 1.20 bits per heavy atom. The third-order valence-corrected chi connectivity index (χ3v) is 11.5. The lowest BCUT2D eigenvalue weighted by atomic mass is 10.0. The highest BCUT2D eigenvalue weighted by Gasteiger charge is 2.28. The predicted molar refractivity (Wildman–Crippen MR) is 232 cm³/mol. The molecule has 3 atom stereocenters. The van der Waals surface area contributed by atoms with Gasteiger partial charge in [0.25, 0.3) is 10.1 Å². The summed E-state index contributed by atoms with van der Waals surface area (Å²) in [5, 5.41) is 23.6. The quantitative estimate of drug-likeness (QED) is 0.0278. The second-order valence-electron chi connectivity index (χ2n) is 16.2. The van der Waals surface area contributed by atoms with Gasteiger partial charge in [-0.25, -0.2) is 0 Å². The average Bonchev–Trinajstić information content (AvgIpc) is 3.14. The minimum Gasteiger partial charge on any atom is -0.391 e. The number of aliphatic hydroxyl groups excluding tert-OH is 2. The van der Waals surface area contributed by atoms with E-state index in [-0.39, 0.29) is 6.42 Å². The molecule has 0 bridgehead atoms. The number of carbonyl (C=O) groups excluding carboxylic acids is 1. The van der Waals surface area contributed by atoms with E-state index in [0.29, 0.717) is 19.3 Å². The Labute approximate surface area is 335 Å². The van der Waals surface area contributed by atoms with Gasteiger partial charge in [-0.1, -0.05) is 218 Å². The SMILES string of the molecule is CCCCCCCCCCC/C=C\C/C=C\CCCCCCCCC(O)C(=O)NC(CS(=O)(=O)O)C(O)CCCCCCCCCCCCCCCCC. The molecular formula is C46H89NO6S. The molecule has 3 unspecified atom stereocenters. The highest BCUT2D eigenvalue weighted by Crippen LogP contribution is 2.16. The third kappa shape index (κ3) is 39.0. The van der Waals surface area contributed by atoms with Gasteiger partial charge in [0.1, 0.15) is 6.10 Å². The Kier molecular flexibility index (Phi) is 39.1. The maximum absolute atomic E-state index is 12.6. The van der Waals surface area contributed by atoms with Crippen molar-refractivity contribution >= 4 is 16.0 Å². The lowest BCUT2D eigenvalue weighted by molar-refractivity contribution is -0.131. The summed E-state index contributed by atoms with van der Waals surface area (Å²) in [6.07, 6.45) is 47.7. The van der Waals surface area contributed by atoms with Crippen molar-refractivity contribution in [2.24, 2.45) is 0 Å². The van der Waals surface area contributed by atoms with E-state index in [1.807, 2.05) is 0 Å². The van der Waals surface area contributed by atoms with Gasteiger partial charge >= 0.3 is 0 Å². The summed E-state index contributed by atoms with van der Waals surface area (Å²) in [6.45, 7) is 4.52. The van der Waals surface area contributed by atoms with Crippen LogP contribution in [0, 0.1) is 0 Å². The van der Waals surface area contributed by atoms with Gasteiger partial charge in [0.2, 0.25) is 5.91 Å². The number of allylic oxidation sites excluding steroid dienone is 4. The Bertz CT molecular complexity index is 968. The zero-order chi connectivity index (χ0) is 39.8. The van der Waals surface area contributed by atoms with E-state index in [1.165, 1.54) is 141 Å². The summed E-state index contributed by atoms with van der Waals surface area (Å²) >= 11 is 0. The standard InChI is InChI=1S/C46H89NO6S/c1-3-5-7-9-11-13-15-17-19-20-21-22-23-24-25-27-29-31-33-35-37-39-41-45(49)46(50)47-43(42-54(51,52)53)44(48)40-38-36-34-32-30-28-26-18-16-14-12-10-8-6-4-2/h21-22,24-25,43-45,48-49H,3-20,23,26-42H2,1-2H3,(H,47,50)(H,51,52,53)/b22-21-,25-24-. The van der Waals surface area contributed by atoms with Crippen LogP contribution in [0.1, 0.15) is 239 Å². The number of hydrogen-bond donors (Lipinski definition) is 4. The van der Waals surface area contributed by atoms with Crippen molar-refractivity contribution in [1.29, 1.82) is 0 Å². The number of hydrogen-bond acceptors (Lipinski definition) is 5. The van der Waals surface area contributed by atoms with Crippen molar-refractivity contribution in [2.45, 2.75) is 257 Å². The molecule has 1 amide bonds. The molecule has 0 heterocycles. The van der Waals surface area contributed by atoms with Crippen LogP contribution in [-0.4, -0.2) is 53.1 Å². The van der Waals surface area contributed by atoms with E-state index in [2.05, 4.69) is 43.5 Å². The van der Waals surface area contributed by atoms with Crippen LogP contribution >= 0.6 is 0 Å². The van der Waals surface area contributed by atoms with Gasteiger partial charge in [-0.2, -0.15) is 8.42 Å². The van der Waals surface area contributed by atoms with Crippen LogP contribution in [0.2, 0.25) is 0 Å². The second-order valence-corrected chi connectivity index (χ2v) is 17.7. The molecule has 0 spiro atoms. The minimum absolute atomic E-state index is 0.287. The Hall–Kier alpha value is -1.22. The fourth-order valence-electron chi connectivity index (χ4n) is 7.20. The summed E-state index contributed by atoms with van der Waals surface area (Å²) in [5.41, 5.74) is 0. The van der Waals surface area contributed by atoms with E-state index >= 15 is 0 Å². The first-order chi connectivity index (χ1) is 26.2. The topological polar surface area (TPSA) is 124 Å². The van der Waals surface area contributed by atoms with E-state index < -0.39 is 40.0 Å². The van der Waals surface area contributed by atoms with Gasteiger partial charge in [-0.15, -0.1) is 0 Å². The van der Waals surface area contributed by atoms with Gasteiger partial charge < -0.3 is 15.5 Å². The Balaban J connectivity index is 3.92. The second kappa shape index (κ2) is 40.0. The zero-order valence-electron chi connectivity index (χ0n) is 35.5. The number of rotatable bonds is 42. The van der Waals surface area contributed by atoms with Crippen LogP contribution in [-0.2, 0) is 14.9 Å². The molecule has 8 heteroatoms. The van der Waals surface area contributed by atoms with E-state index in [4.69, 9.17) is 0 Å². The lowest BCUT2D eigenvalue weighted by Crippen LogP contribution is -2.50. The molecule has 0 radical (unpaired) electrons. The van der Waals surface area contributed by atoms with Crippen LogP contribution in [0.15, 0.2) is 24.3 Å². The molecule has 0 aliphatic rings. The molecule has 0 rings (SSSR count). The number of amides is 1. The first-order valence-electron chi connectivity index (χ1n) is 23.1. The first kappa shape index (κ1) is 52.8. The molecule has 0 fully saturated rings. The van der Waals surface area contributed by atoms with Gasteiger partial charge in [-0.05, 0) is 44.9 Å². The maximum atomic E-state index is 12.6. The molecule has 54 heavy (non-hydrogen) atoms. The summed E-state index contributed by atoms with van der Waals surface area (Å²) in [6, 6.07) is -1.15. The van der Waals surface area contributed by atoms with Crippen LogP contribution in [0.5, 0.6) is 0 Å². The zero-order valence-corrected chi connectivity index (χ0v) is 36.3. The third-order valence-electron chi connectivity index (χ3n) is 10.8. The normalized spacial score (nSPS) is 13.9. The Morgan fingerprint density at radius 2 is 0.833 bits per heavy atom. The highest BCUT2D eigenvalue weighted by molar-refractivity contribution is 7.85. The van der Waals surface area contributed by atoms with Crippen molar-refractivity contribution in [3.63, 3.8) is 0 Å². The molecule has 0 saturated heterocycles. The largest absolute Gasteiger partial charge is 0.391 e. The number of carbonyl (C=O) groups is 1. The van der Waals surface area contributed by atoms with Gasteiger partial charge in [0, 0.05) is 0 Å². The van der Waals surface area contributed by atoms with Crippen molar-refractivity contribution in [3.05, 3.63) is 24.3 Å². The molecule has 4 N–H and O–H groups in total. The smallest absolute Gasteiger partial charge is 0.266 e. The van der Waals surface area contributed by atoms with Crippen molar-refractivity contribution < 1.29 is 28.0 Å². The molecule has 0 aliphatic heterocycles. The number of unbranched alkanes of at least 4 members (excludes halogenated alkanes) is 29. The van der Waals surface area contributed by atoms with Gasteiger partial charge in [0.15, 0.2) is 0 Å². The molecule has 0 saturated carbocycles. The molecule has 0 aromatic rings. The van der Waals surface area contributed by atoms with Gasteiger partial charge in [-0.3, -0.25) is 9.35 Å². The predicted octanol–water partition coefficient (Wildman–Crippen LogP) is 12.9. The monoisotopic (exact) mass is 784 g/mol. The average molecular weight is 784 g/mol. The molecular weight excluding hydrogens is 695 g/mol. The van der Waals surface area contributed by atoms with Crippen LogP contribution in [0.3, 0.4) is 0 Å². The van der Waals surface area contributed by atoms with Crippen molar-refractivity contribution in [2.75, 3.05) is 5.75 Å². The van der Waals surface area contributed by atoms with Gasteiger partial charge in [0.05, 0.1) is 17.9 Å². The Morgan fingerprint density at radius 1 is 0.500 bits per heavy atom. The summed E-state index contributed by atoms with van der Waals surface area (Å²) in [5.74, 6) is -1.46. The molecule has 320 valence electrons. The van der Waals surface area contributed by atoms with E-state index in [0.717, 1.165) is 57.8 Å². The fourth-order valence-corrected chi connectivity index (χ4v) is 7.96. The van der Waals surface area contributed by atoms with Crippen molar-refractivity contribution in [3.8, 4) is 0 Å². The highest BCUT2D eigenvalue weighted by atomic mass is 32.2. The van der Waals surface area contributed by atoms with E-state index in [1.54, 1.807) is 0 Å². The number of nitrogens with one attached hydrogen (secondary N) is 1. The molecule has 7 nitrogen and oxygen atoms in total. The first-order valence-corrected chi connectivity index (χ1v) is 24.7. The summed E-state index contributed by atoms with van der Waals surface area (Å²) in [4.78, 5) is 12.6. The number of aliphatic hydroxyl groups is 2. The molecule has 0 aliphatic carbocycles. The molecule has 0 aromatic carbocycles. The fraction of sp³-hybridized carbons (Fsp3) is 0.891. The van der Waals surface area contributed by atoms with Crippen LogP contribution < -0.4 is 5.32 Å². The summed E-state index contributed by atoms with van der Waals surface area (Å²) in [7, 11) is -4.41. The van der Waals surface area contributed by atoms with Crippen molar-refractivity contribution in [1.82, 2.24) is 5.32 Å². The van der Waals surface area contributed by atoms with E-state index in [9.17, 15) is 28.0 Å². The minimum atomic E-state index is -4.41. The van der Waals surface area contributed by atoms with Crippen LogP contribution in [0.25, 0.3) is 0 Å². The lowest BCUT2D eigenvalue weighted by Gasteiger charge is -2.24.